The highest BCUT2D eigenvalue weighted by atomic mass is 79.9. The number of Topliss-reactive ketones (excluding diaryl/α,β-unsaturated/α-hetero) is 1. The number of halogens is 1. The van der Waals surface area contributed by atoms with Gasteiger partial charge in [-0.25, -0.2) is 0 Å². The minimum Gasteiger partial charge on any atom is -0.451 e. The van der Waals surface area contributed by atoms with Crippen LogP contribution in [0.2, 0.25) is 0 Å². The standard InChI is InChI=1S/C15H13BrO2/c16-12-8-4-7-11-9-13(18-15(11)12)14(17)10-5-2-1-3-6-10/h4-5,7-9H,1-3,6H2. The van der Waals surface area contributed by atoms with Crippen LogP contribution >= 0.6 is 15.9 Å². The molecule has 1 aromatic heterocycles. The first kappa shape index (κ1) is 11.7. The van der Waals surface area contributed by atoms with Crippen molar-refractivity contribution in [3.63, 3.8) is 0 Å². The van der Waals surface area contributed by atoms with Gasteiger partial charge in [0, 0.05) is 5.39 Å². The maximum atomic E-state index is 12.3. The number of fused-ring (bicyclic) bond motifs is 1. The van der Waals surface area contributed by atoms with Gasteiger partial charge in [-0.1, -0.05) is 18.2 Å². The summed E-state index contributed by atoms with van der Waals surface area (Å²) in [5.74, 6) is 0.489. The molecular weight excluding hydrogens is 292 g/mol. The van der Waals surface area contributed by atoms with E-state index >= 15 is 0 Å². The van der Waals surface area contributed by atoms with Crippen LogP contribution in [0.5, 0.6) is 0 Å². The van der Waals surface area contributed by atoms with Gasteiger partial charge in [0.25, 0.3) is 0 Å². The van der Waals surface area contributed by atoms with Crippen molar-refractivity contribution < 1.29 is 9.21 Å². The van der Waals surface area contributed by atoms with Crippen molar-refractivity contribution in [3.05, 3.63) is 46.1 Å². The molecule has 0 atom stereocenters. The topological polar surface area (TPSA) is 30.2 Å². The van der Waals surface area contributed by atoms with Gasteiger partial charge in [-0.2, -0.15) is 0 Å². The van der Waals surface area contributed by atoms with Crippen LogP contribution in [-0.2, 0) is 0 Å². The molecule has 0 aliphatic heterocycles. The minimum absolute atomic E-state index is 0.0396. The van der Waals surface area contributed by atoms with E-state index in [4.69, 9.17) is 4.42 Å². The third kappa shape index (κ3) is 2.03. The molecular formula is C15H13BrO2. The number of hydrogen-bond acceptors (Lipinski definition) is 2. The molecule has 3 heteroatoms. The van der Waals surface area contributed by atoms with Gasteiger partial charge < -0.3 is 4.42 Å². The first-order valence-corrected chi connectivity index (χ1v) is 6.97. The zero-order valence-electron chi connectivity index (χ0n) is 9.91. The summed E-state index contributed by atoms with van der Waals surface area (Å²) >= 11 is 3.44. The molecule has 18 heavy (non-hydrogen) atoms. The first-order valence-electron chi connectivity index (χ1n) is 6.17. The van der Waals surface area contributed by atoms with E-state index in [0.29, 0.717) is 5.76 Å². The molecule has 0 bridgehead atoms. The van der Waals surface area contributed by atoms with Crippen molar-refractivity contribution in [2.45, 2.75) is 25.7 Å². The van der Waals surface area contributed by atoms with E-state index in [1.54, 1.807) is 0 Å². The second-order valence-corrected chi connectivity index (χ2v) is 5.43. The number of benzene rings is 1. The number of para-hydroxylation sites is 1. The van der Waals surface area contributed by atoms with Gasteiger partial charge in [0.1, 0.15) is 5.58 Å². The van der Waals surface area contributed by atoms with Gasteiger partial charge >= 0.3 is 0 Å². The average molecular weight is 305 g/mol. The number of carbonyl (C=O) groups excluding carboxylic acids is 1. The van der Waals surface area contributed by atoms with Crippen LogP contribution in [0.4, 0.5) is 0 Å². The largest absolute Gasteiger partial charge is 0.451 e. The van der Waals surface area contributed by atoms with E-state index in [9.17, 15) is 4.79 Å². The molecule has 0 spiro atoms. The summed E-state index contributed by atoms with van der Waals surface area (Å²) < 4.78 is 6.56. The number of rotatable bonds is 2. The predicted octanol–water partition coefficient (Wildman–Crippen LogP) is 4.88. The Hall–Kier alpha value is -1.35. The minimum atomic E-state index is 0.0396. The van der Waals surface area contributed by atoms with Crippen LogP contribution in [0.25, 0.3) is 11.0 Å². The zero-order valence-corrected chi connectivity index (χ0v) is 11.5. The molecule has 0 saturated carbocycles. The van der Waals surface area contributed by atoms with Crippen LogP contribution < -0.4 is 0 Å². The summed E-state index contributed by atoms with van der Waals surface area (Å²) in [7, 11) is 0. The van der Waals surface area contributed by atoms with Crippen LogP contribution in [-0.4, -0.2) is 5.78 Å². The molecule has 1 aromatic carbocycles. The van der Waals surface area contributed by atoms with E-state index in [-0.39, 0.29) is 5.78 Å². The Morgan fingerprint density at radius 1 is 1.28 bits per heavy atom. The fraction of sp³-hybridized carbons (Fsp3) is 0.267. The molecule has 0 amide bonds. The van der Waals surface area contributed by atoms with Crippen molar-refractivity contribution in [1.29, 1.82) is 0 Å². The van der Waals surface area contributed by atoms with Gasteiger partial charge in [-0.3, -0.25) is 4.79 Å². The Bertz CT molecular complexity index is 637. The SMILES string of the molecule is O=C(C1=CCCCC1)c1cc2cccc(Br)c2o1. The third-order valence-corrected chi connectivity index (χ3v) is 3.93. The summed E-state index contributed by atoms with van der Waals surface area (Å²) in [5, 5.41) is 0.962. The normalized spacial score (nSPS) is 15.7. The Kier molecular flexibility index (Phi) is 3.08. The molecule has 2 nitrogen and oxygen atoms in total. The van der Waals surface area contributed by atoms with Crippen LogP contribution in [0.1, 0.15) is 36.2 Å². The summed E-state index contributed by atoms with van der Waals surface area (Å²) in [6, 6.07) is 7.64. The Balaban J connectivity index is 2.01. The Morgan fingerprint density at radius 3 is 2.89 bits per heavy atom. The highest BCUT2D eigenvalue weighted by molar-refractivity contribution is 9.10. The summed E-state index contributed by atoms with van der Waals surface area (Å²) in [4.78, 5) is 12.3. The third-order valence-electron chi connectivity index (χ3n) is 3.30. The van der Waals surface area contributed by atoms with Gasteiger partial charge in [-0.15, -0.1) is 0 Å². The number of carbonyl (C=O) groups is 1. The fourth-order valence-electron chi connectivity index (χ4n) is 2.34. The van der Waals surface area contributed by atoms with Crippen LogP contribution in [0.15, 0.2) is 44.8 Å². The van der Waals surface area contributed by atoms with Crippen molar-refractivity contribution in [2.75, 3.05) is 0 Å². The molecule has 1 aliphatic carbocycles. The molecule has 2 aromatic rings. The monoisotopic (exact) mass is 304 g/mol. The lowest BCUT2D eigenvalue weighted by Crippen LogP contribution is -2.05. The van der Waals surface area contributed by atoms with E-state index < -0.39 is 0 Å². The summed E-state index contributed by atoms with van der Waals surface area (Å²) in [6.45, 7) is 0. The van der Waals surface area contributed by atoms with E-state index in [2.05, 4.69) is 15.9 Å². The highest BCUT2D eigenvalue weighted by Crippen LogP contribution is 2.29. The van der Waals surface area contributed by atoms with Gasteiger partial charge in [0.05, 0.1) is 4.47 Å². The van der Waals surface area contributed by atoms with E-state index in [1.165, 1.54) is 6.42 Å². The second kappa shape index (κ2) is 4.73. The average Bonchev–Trinajstić information content (AvgIpc) is 2.84. The summed E-state index contributed by atoms with van der Waals surface area (Å²) in [6.07, 6.45) is 6.21. The lowest BCUT2D eigenvalue weighted by Gasteiger charge is -2.09. The van der Waals surface area contributed by atoms with Gasteiger partial charge in [0.15, 0.2) is 5.76 Å². The first-order chi connectivity index (χ1) is 8.75. The highest BCUT2D eigenvalue weighted by Gasteiger charge is 2.18. The quantitative estimate of drug-likeness (QED) is 0.740. The second-order valence-electron chi connectivity index (χ2n) is 4.57. The number of hydrogen-bond donors (Lipinski definition) is 0. The molecule has 0 N–H and O–H groups in total. The Labute approximate surface area is 114 Å². The van der Waals surface area contributed by atoms with Crippen molar-refractivity contribution in [3.8, 4) is 0 Å². The number of ketones is 1. The number of allylic oxidation sites excluding steroid dienone is 2. The lowest BCUT2D eigenvalue weighted by molar-refractivity contribution is 0.100. The maximum Gasteiger partial charge on any atom is 0.223 e. The van der Waals surface area contributed by atoms with Crippen molar-refractivity contribution >= 4 is 32.7 Å². The van der Waals surface area contributed by atoms with E-state index in [0.717, 1.165) is 40.3 Å². The van der Waals surface area contributed by atoms with Gasteiger partial charge in [-0.05, 0) is 59.3 Å². The smallest absolute Gasteiger partial charge is 0.223 e. The number of furan rings is 1. The van der Waals surface area contributed by atoms with Crippen LogP contribution in [0, 0.1) is 0 Å². The van der Waals surface area contributed by atoms with Crippen molar-refractivity contribution in [1.82, 2.24) is 0 Å². The lowest BCUT2D eigenvalue weighted by atomic mass is 9.95. The molecule has 1 heterocycles. The molecule has 0 radical (unpaired) electrons. The Morgan fingerprint density at radius 2 is 2.17 bits per heavy atom. The molecule has 0 fully saturated rings. The zero-order chi connectivity index (χ0) is 12.5. The van der Waals surface area contributed by atoms with Crippen LogP contribution in [0.3, 0.4) is 0 Å². The molecule has 0 saturated heterocycles. The molecule has 3 rings (SSSR count). The van der Waals surface area contributed by atoms with Crippen molar-refractivity contribution in [2.24, 2.45) is 0 Å². The molecule has 0 unspecified atom stereocenters. The van der Waals surface area contributed by atoms with E-state index in [1.807, 2.05) is 30.3 Å². The van der Waals surface area contributed by atoms with Gasteiger partial charge in [0.2, 0.25) is 5.78 Å². The fourth-order valence-corrected chi connectivity index (χ4v) is 2.80. The molecule has 92 valence electrons. The summed E-state index contributed by atoms with van der Waals surface area (Å²) in [5.41, 5.74) is 1.65. The maximum absolute atomic E-state index is 12.3. The predicted molar refractivity (Wildman–Crippen MR) is 74.8 cm³/mol. The molecule has 1 aliphatic rings.